The molecule has 1 saturated heterocycles. The second-order valence-corrected chi connectivity index (χ2v) is 5.22. The number of nitrogens with one attached hydrogen (secondary N) is 1. The van der Waals surface area contributed by atoms with E-state index >= 15 is 0 Å². The zero-order chi connectivity index (χ0) is 13.8. The smallest absolute Gasteiger partial charge is 0.145 e. The molecule has 1 aliphatic rings. The number of hydrogen-bond donors (Lipinski definition) is 1. The van der Waals surface area contributed by atoms with Crippen molar-refractivity contribution >= 4 is 10.9 Å². The van der Waals surface area contributed by atoms with Gasteiger partial charge >= 0.3 is 0 Å². The van der Waals surface area contributed by atoms with E-state index in [9.17, 15) is 0 Å². The minimum absolute atomic E-state index is 0.717. The largest absolute Gasteiger partial charge is 0.490 e. The van der Waals surface area contributed by atoms with E-state index < -0.39 is 0 Å². The third-order valence-electron chi connectivity index (χ3n) is 3.70. The molecule has 0 bridgehead atoms. The Bertz CT molecular complexity index is 579. The average molecular weight is 271 g/mol. The van der Waals surface area contributed by atoms with Crippen molar-refractivity contribution in [2.24, 2.45) is 0 Å². The number of ether oxygens (including phenoxy) is 1. The van der Waals surface area contributed by atoms with E-state index in [1.165, 1.54) is 0 Å². The van der Waals surface area contributed by atoms with Crippen molar-refractivity contribution in [3.8, 4) is 5.75 Å². The van der Waals surface area contributed by atoms with Crippen molar-refractivity contribution in [1.82, 2.24) is 15.2 Å². The summed E-state index contributed by atoms with van der Waals surface area (Å²) in [4.78, 5) is 7.02. The molecule has 0 radical (unpaired) electrons. The molecule has 3 rings (SSSR count). The first kappa shape index (κ1) is 13.3. The van der Waals surface area contributed by atoms with Crippen molar-refractivity contribution in [3.05, 3.63) is 36.0 Å². The highest BCUT2D eigenvalue weighted by Crippen LogP contribution is 2.23. The molecule has 2 aromatic rings. The molecule has 1 fully saturated rings. The SMILES string of the molecule is Cc1ccc2cccc(OCCN3CCNCC3)c2n1. The maximum Gasteiger partial charge on any atom is 0.145 e. The van der Waals surface area contributed by atoms with Crippen LogP contribution in [0.25, 0.3) is 10.9 Å². The Kier molecular flexibility index (Phi) is 4.14. The van der Waals surface area contributed by atoms with E-state index in [2.05, 4.69) is 27.3 Å². The molecule has 1 N–H and O–H groups in total. The number of para-hydroxylation sites is 1. The Balaban J connectivity index is 1.66. The summed E-state index contributed by atoms with van der Waals surface area (Å²) in [7, 11) is 0. The lowest BCUT2D eigenvalue weighted by molar-refractivity contribution is 0.192. The normalized spacial score (nSPS) is 16.4. The number of rotatable bonds is 4. The lowest BCUT2D eigenvalue weighted by Gasteiger charge is -2.26. The highest BCUT2D eigenvalue weighted by Gasteiger charge is 2.09. The quantitative estimate of drug-likeness (QED) is 0.920. The number of aryl methyl sites for hydroxylation is 1. The van der Waals surface area contributed by atoms with Gasteiger partial charge in [0, 0.05) is 43.8 Å². The second kappa shape index (κ2) is 6.20. The van der Waals surface area contributed by atoms with Crippen LogP contribution < -0.4 is 10.1 Å². The first-order valence-corrected chi connectivity index (χ1v) is 7.25. The van der Waals surface area contributed by atoms with E-state index in [0.717, 1.165) is 55.1 Å². The summed E-state index contributed by atoms with van der Waals surface area (Å²) in [6.07, 6.45) is 0. The molecule has 0 atom stereocenters. The summed E-state index contributed by atoms with van der Waals surface area (Å²) in [6.45, 7) is 8.08. The molecule has 1 aromatic heterocycles. The van der Waals surface area contributed by atoms with E-state index in [1.807, 2.05) is 25.1 Å². The van der Waals surface area contributed by atoms with Crippen molar-refractivity contribution < 1.29 is 4.74 Å². The number of pyridine rings is 1. The zero-order valence-corrected chi connectivity index (χ0v) is 11.9. The molecule has 2 heterocycles. The number of hydrogen-bond acceptors (Lipinski definition) is 4. The van der Waals surface area contributed by atoms with Crippen LogP contribution in [0, 0.1) is 6.92 Å². The fourth-order valence-electron chi connectivity index (χ4n) is 2.55. The molecule has 1 aliphatic heterocycles. The highest BCUT2D eigenvalue weighted by molar-refractivity contribution is 5.84. The zero-order valence-electron chi connectivity index (χ0n) is 11.9. The second-order valence-electron chi connectivity index (χ2n) is 5.22. The monoisotopic (exact) mass is 271 g/mol. The molecule has 0 spiro atoms. The van der Waals surface area contributed by atoms with Gasteiger partial charge in [-0.25, -0.2) is 4.98 Å². The molecular weight excluding hydrogens is 250 g/mol. The van der Waals surface area contributed by atoms with Gasteiger partial charge in [-0.2, -0.15) is 0 Å². The van der Waals surface area contributed by atoms with Crippen LogP contribution >= 0.6 is 0 Å². The Morgan fingerprint density at radius 3 is 2.90 bits per heavy atom. The van der Waals surface area contributed by atoms with Gasteiger partial charge in [0.15, 0.2) is 0 Å². The Morgan fingerprint density at radius 1 is 1.20 bits per heavy atom. The lowest BCUT2D eigenvalue weighted by Crippen LogP contribution is -2.44. The number of aromatic nitrogens is 1. The van der Waals surface area contributed by atoms with Gasteiger partial charge in [-0.15, -0.1) is 0 Å². The van der Waals surface area contributed by atoms with Crippen LogP contribution in [0.5, 0.6) is 5.75 Å². The van der Waals surface area contributed by atoms with Gasteiger partial charge in [0.05, 0.1) is 0 Å². The molecule has 0 unspecified atom stereocenters. The van der Waals surface area contributed by atoms with Crippen LogP contribution in [0.3, 0.4) is 0 Å². The third kappa shape index (κ3) is 3.08. The summed E-state index contributed by atoms with van der Waals surface area (Å²) < 4.78 is 5.95. The minimum Gasteiger partial charge on any atom is -0.490 e. The van der Waals surface area contributed by atoms with E-state index in [1.54, 1.807) is 0 Å². The van der Waals surface area contributed by atoms with E-state index in [4.69, 9.17) is 4.74 Å². The average Bonchev–Trinajstić information content (AvgIpc) is 2.49. The van der Waals surface area contributed by atoms with Crippen LogP contribution in [0.2, 0.25) is 0 Å². The Morgan fingerprint density at radius 2 is 2.05 bits per heavy atom. The predicted molar refractivity (Wildman–Crippen MR) is 81.3 cm³/mol. The minimum atomic E-state index is 0.717. The van der Waals surface area contributed by atoms with Crippen molar-refractivity contribution in [3.63, 3.8) is 0 Å². The molecule has 0 aliphatic carbocycles. The third-order valence-corrected chi connectivity index (χ3v) is 3.70. The van der Waals surface area contributed by atoms with Crippen molar-refractivity contribution in [2.45, 2.75) is 6.92 Å². The predicted octanol–water partition coefficient (Wildman–Crippen LogP) is 1.83. The molecule has 0 amide bonds. The maximum absolute atomic E-state index is 5.95. The number of piperazine rings is 1. The fraction of sp³-hybridized carbons (Fsp3) is 0.438. The topological polar surface area (TPSA) is 37.4 Å². The molecule has 106 valence electrons. The first-order chi connectivity index (χ1) is 9.83. The Hall–Kier alpha value is -1.65. The van der Waals surface area contributed by atoms with Gasteiger partial charge < -0.3 is 10.1 Å². The van der Waals surface area contributed by atoms with Crippen LogP contribution in [0.4, 0.5) is 0 Å². The maximum atomic E-state index is 5.95. The molecule has 4 heteroatoms. The fourth-order valence-corrected chi connectivity index (χ4v) is 2.55. The van der Waals surface area contributed by atoms with Gasteiger partial charge in [0.2, 0.25) is 0 Å². The van der Waals surface area contributed by atoms with Crippen LogP contribution in [0.15, 0.2) is 30.3 Å². The van der Waals surface area contributed by atoms with Gasteiger partial charge in [-0.05, 0) is 19.1 Å². The summed E-state index contributed by atoms with van der Waals surface area (Å²) >= 11 is 0. The highest BCUT2D eigenvalue weighted by atomic mass is 16.5. The van der Waals surface area contributed by atoms with Gasteiger partial charge in [0.1, 0.15) is 17.9 Å². The molecule has 20 heavy (non-hydrogen) atoms. The molecule has 1 aromatic carbocycles. The van der Waals surface area contributed by atoms with Gasteiger partial charge in [0.25, 0.3) is 0 Å². The molecular formula is C16H21N3O. The molecule has 4 nitrogen and oxygen atoms in total. The standard InChI is InChI=1S/C16H21N3O/c1-13-5-6-14-3-2-4-15(16(14)18-13)20-12-11-19-9-7-17-8-10-19/h2-6,17H,7-12H2,1H3. The van der Waals surface area contributed by atoms with E-state index in [-0.39, 0.29) is 0 Å². The summed E-state index contributed by atoms with van der Waals surface area (Å²) in [5.41, 5.74) is 1.99. The van der Waals surface area contributed by atoms with Gasteiger partial charge in [-0.3, -0.25) is 4.90 Å². The number of fused-ring (bicyclic) bond motifs is 1. The van der Waals surface area contributed by atoms with Crippen molar-refractivity contribution in [2.75, 3.05) is 39.3 Å². The molecule has 0 saturated carbocycles. The number of nitrogens with zero attached hydrogens (tertiary/aromatic N) is 2. The van der Waals surface area contributed by atoms with Crippen LogP contribution in [-0.4, -0.2) is 49.2 Å². The lowest BCUT2D eigenvalue weighted by atomic mass is 10.2. The number of benzene rings is 1. The van der Waals surface area contributed by atoms with Gasteiger partial charge in [-0.1, -0.05) is 18.2 Å². The summed E-state index contributed by atoms with van der Waals surface area (Å²) in [6, 6.07) is 10.2. The van der Waals surface area contributed by atoms with Crippen LogP contribution in [0.1, 0.15) is 5.69 Å². The Labute approximate surface area is 119 Å². The summed E-state index contributed by atoms with van der Waals surface area (Å²) in [5.74, 6) is 0.890. The van der Waals surface area contributed by atoms with E-state index in [0.29, 0.717) is 6.61 Å². The van der Waals surface area contributed by atoms with Crippen molar-refractivity contribution in [1.29, 1.82) is 0 Å². The first-order valence-electron chi connectivity index (χ1n) is 7.25. The van der Waals surface area contributed by atoms with Crippen LogP contribution in [-0.2, 0) is 0 Å². The summed E-state index contributed by atoms with van der Waals surface area (Å²) in [5, 5.41) is 4.50.